The molecule has 0 aliphatic carbocycles. The summed E-state index contributed by atoms with van der Waals surface area (Å²) in [6.45, 7) is 0.444. The van der Waals surface area contributed by atoms with Gasteiger partial charge in [0.1, 0.15) is 11.5 Å². The molecule has 152 valence electrons. The molecule has 0 amide bonds. The first-order chi connectivity index (χ1) is 14.5. The zero-order chi connectivity index (χ0) is 21.3. The molecule has 0 bridgehead atoms. The molecule has 4 aromatic heterocycles. The van der Waals surface area contributed by atoms with Gasteiger partial charge in [0.15, 0.2) is 16.9 Å². The molecule has 3 N–H and O–H groups in total. The fourth-order valence-electron chi connectivity index (χ4n) is 3.00. The molecule has 0 radical (unpaired) electrons. The van der Waals surface area contributed by atoms with Crippen molar-refractivity contribution in [1.82, 2.24) is 29.7 Å². The van der Waals surface area contributed by atoms with Gasteiger partial charge < -0.3 is 10.3 Å². The number of hydrogen-bond acceptors (Lipinski definition) is 9. The Morgan fingerprint density at radius 2 is 2.20 bits per heavy atom. The molecule has 0 unspecified atom stereocenters. The minimum Gasteiger partial charge on any atom is -0.384 e. The number of hydrazone groups is 1. The summed E-state index contributed by atoms with van der Waals surface area (Å²) < 4.78 is 2.36. The highest BCUT2D eigenvalue weighted by Crippen LogP contribution is 2.30. The van der Waals surface area contributed by atoms with E-state index in [0.717, 1.165) is 12.0 Å². The number of fused-ring (bicyclic) bond motifs is 1. The highest BCUT2D eigenvalue weighted by molar-refractivity contribution is 7.20. The number of carbonyl (C=O) groups is 2. The molecule has 0 aromatic carbocycles. The number of thiazole rings is 1. The third-order valence-electron chi connectivity index (χ3n) is 4.45. The van der Waals surface area contributed by atoms with E-state index >= 15 is 0 Å². The molecule has 0 fully saturated rings. The number of aldehydes is 1. The van der Waals surface area contributed by atoms with Gasteiger partial charge in [-0.2, -0.15) is 10.2 Å². The molecule has 10 nitrogen and oxygen atoms in total. The number of ketones is 1. The number of aryl methyl sites for hydroxylation is 1. The van der Waals surface area contributed by atoms with Crippen LogP contribution in [0.25, 0.3) is 10.3 Å². The number of aromatic amines is 1. The largest absolute Gasteiger partial charge is 0.384 e. The maximum absolute atomic E-state index is 12.6. The van der Waals surface area contributed by atoms with E-state index in [0.29, 0.717) is 39.0 Å². The summed E-state index contributed by atoms with van der Waals surface area (Å²) in [4.78, 5) is 32.9. The fraction of sp³-hybridized carbons (Fsp3) is 0.158. The van der Waals surface area contributed by atoms with E-state index in [1.807, 2.05) is 12.1 Å². The zero-order valence-corrected chi connectivity index (χ0v) is 17.1. The van der Waals surface area contributed by atoms with Gasteiger partial charge >= 0.3 is 0 Å². The Bertz CT molecular complexity index is 1260. The number of nitrogens with one attached hydrogen (secondary N) is 1. The molecule has 11 heteroatoms. The van der Waals surface area contributed by atoms with Crippen molar-refractivity contribution in [3.8, 4) is 0 Å². The monoisotopic (exact) mass is 422 g/mol. The van der Waals surface area contributed by atoms with Crippen LogP contribution in [-0.4, -0.2) is 55.1 Å². The fourth-order valence-corrected chi connectivity index (χ4v) is 4.07. The quantitative estimate of drug-likeness (QED) is 0.201. The van der Waals surface area contributed by atoms with Crippen LogP contribution in [0.15, 0.2) is 35.6 Å². The van der Waals surface area contributed by atoms with E-state index in [1.54, 1.807) is 48.2 Å². The maximum Gasteiger partial charge on any atom is 0.241 e. The van der Waals surface area contributed by atoms with Crippen LogP contribution in [0.3, 0.4) is 0 Å². The molecule has 4 heterocycles. The minimum atomic E-state index is -0.280. The molecule has 0 spiro atoms. The van der Waals surface area contributed by atoms with Crippen molar-refractivity contribution in [1.29, 1.82) is 0 Å². The first-order valence-electron chi connectivity index (χ1n) is 8.93. The van der Waals surface area contributed by atoms with Gasteiger partial charge in [0.2, 0.25) is 5.78 Å². The molecule has 0 saturated carbocycles. The molecule has 0 saturated heterocycles. The summed E-state index contributed by atoms with van der Waals surface area (Å²) in [6, 6.07) is 6.99. The molecule has 4 rings (SSSR count). The summed E-state index contributed by atoms with van der Waals surface area (Å²) in [5.74, 6) is 0.162. The Labute approximate surface area is 175 Å². The Kier molecular flexibility index (Phi) is 5.11. The number of H-pyrrole nitrogens is 1. The number of aromatic nitrogens is 5. The van der Waals surface area contributed by atoms with Crippen molar-refractivity contribution in [3.63, 3.8) is 0 Å². The third kappa shape index (κ3) is 3.57. The lowest BCUT2D eigenvalue weighted by Gasteiger charge is -2.12. The number of nitrogens with two attached hydrogens (primary N) is 1. The van der Waals surface area contributed by atoms with Gasteiger partial charge in [-0.25, -0.2) is 9.97 Å². The van der Waals surface area contributed by atoms with Gasteiger partial charge in [0, 0.05) is 25.9 Å². The summed E-state index contributed by atoms with van der Waals surface area (Å²) in [7, 11) is 3.52. The molecule has 30 heavy (non-hydrogen) atoms. The summed E-state index contributed by atoms with van der Waals surface area (Å²) in [6.07, 6.45) is 3.93. The number of nitrogen functional groups attached to an aromatic ring is 1. The minimum absolute atomic E-state index is 0.280. The van der Waals surface area contributed by atoms with Crippen molar-refractivity contribution < 1.29 is 9.59 Å². The smallest absolute Gasteiger partial charge is 0.241 e. The Morgan fingerprint density at radius 1 is 1.37 bits per heavy atom. The normalized spacial score (nSPS) is 11.4. The van der Waals surface area contributed by atoms with Crippen LogP contribution in [0, 0.1) is 0 Å². The van der Waals surface area contributed by atoms with Crippen LogP contribution in [0.5, 0.6) is 0 Å². The number of pyridine rings is 1. The molecular weight excluding hydrogens is 404 g/mol. The number of nitrogens with zero attached hydrogens (tertiary/aromatic N) is 6. The van der Waals surface area contributed by atoms with Gasteiger partial charge in [-0.1, -0.05) is 6.07 Å². The van der Waals surface area contributed by atoms with Crippen LogP contribution >= 0.6 is 11.3 Å². The topological polar surface area (TPSA) is 135 Å². The highest BCUT2D eigenvalue weighted by Gasteiger charge is 2.22. The maximum atomic E-state index is 12.6. The summed E-state index contributed by atoms with van der Waals surface area (Å²) in [5, 5.41) is 12.9. The predicted molar refractivity (Wildman–Crippen MR) is 114 cm³/mol. The Balaban J connectivity index is 1.66. The summed E-state index contributed by atoms with van der Waals surface area (Å²) >= 11 is 1.21. The van der Waals surface area contributed by atoms with Crippen molar-refractivity contribution in [3.05, 3.63) is 58.1 Å². The van der Waals surface area contributed by atoms with E-state index in [9.17, 15) is 9.59 Å². The molecule has 0 aliphatic rings. The second-order valence-electron chi connectivity index (χ2n) is 6.55. The second kappa shape index (κ2) is 7.87. The van der Waals surface area contributed by atoms with Crippen molar-refractivity contribution >= 4 is 45.8 Å². The summed E-state index contributed by atoms with van der Waals surface area (Å²) in [5.41, 5.74) is 8.35. The van der Waals surface area contributed by atoms with Crippen LogP contribution in [0.2, 0.25) is 0 Å². The second-order valence-corrected chi connectivity index (χ2v) is 7.55. The zero-order valence-electron chi connectivity index (χ0n) is 16.2. The van der Waals surface area contributed by atoms with Crippen molar-refractivity contribution in [2.45, 2.75) is 6.54 Å². The molecule has 0 aliphatic heterocycles. The van der Waals surface area contributed by atoms with Gasteiger partial charge in [-0.05, 0) is 18.2 Å². The predicted octanol–water partition coefficient (Wildman–Crippen LogP) is 1.84. The van der Waals surface area contributed by atoms with Gasteiger partial charge in [-0.3, -0.25) is 19.7 Å². The average Bonchev–Trinajstić information content (AvgIpc) is 3.44. The van der Waals surface area contributed by atoms with E-state index < -0.39 is 0 Å². The van der Waals surface area contributed by atoms with E-state index in [1.165, 1.54) is 11.3 Å². The number of rotatable bonds is 7. The molecule has 0 atom stereocenters. The lowest BCUT2D eigenvalue weighted by Crippen LogP contribution is -2.12. The number of hydrogen-bond donors (Lipinski definition) is 2. The highest BCUT2D eigenvalue weighted by atomic mass is 32.1. The number of anilines is 1. The van der Waals surface area contributed by atoms with Crippen molar-refractivity contribution in [2.24, 2.45) is 12.1 Å². The standard InChI is InChI=1S/C19H18N8O2S/c1-26(9-11-4-3-5-15(20)23-11)22-8-12-14(10-28)27(2)18-17(12)30-19(24-18)16(29)13-6-7-21-25-13/h3-8,10H,9H2,1-2H3,(H2,20,23)(H,21,25)/b22-8-. The Morgan fingerprint density at radius 3 is 2.90 bits per heavy atom. The van der Waals surface area contributed by atoms with E-state index in [4.69, 9.17) is 5.73 Å². The lowest BCUT2D eigenvalue weighted by atomic mass is 10.3. The molecular formula is C19H18N8O2S. The van der Waals surface area contributed by atoms with Crippen LogP contribution in [-0.2, 0) is 13.6 Å². The van der Waals surface area contributed by atoms with Gasteiger partial charge in [-0.15, -0.1) is 11.3 Å². The lowest BCUT2D eigenvalue weighted by molar-refractivity contribution is 0.103. The van der Waals surface area contributed by atoms with Gasteiger partial charge in [0.25, 0.3) is 0 Å². The third-order valence-corrected chi connectivity index (χ3v) is 5.53. The first-order valence-corrected chi connectivity index (χ1v) is 9.75. The van der Waals surface area contributed by atoms with Crippen LogP contribution < -0.4 is 5.73 Å². The molecule has 4 aromatic rings. The average molecular weight is 422 g/mol. The first kappa shape index (κ1) is 19.5. The van der Waals surface area contributed by atoms with E-state index in [2.05, 4.69) is 25.3 Å². The van der Waals surface area contributed by atoms with Crippen molar-refractivity contribution in [2.75, 3.05) is 12.8 Å². The SMILES string of the molecule is CN(Cc1cccc(N)n1)/N=C\c1c(C=O)n(C)c2nc(C(=O)c3cc[nH]n3)sc12. The number of carbonyl (C=O) groups excluding carboxylic acids is 2. The Hall–Kier alpha value is -3.86. The van der Waals surface area contributed by atoms with Crippen LogP contribution in [0.1, 0.15) is 37.2 Å². The van der Waals surface area contributed by atoms with Gasteiger partial charge in [0.05, 0.1) is 28.8 Å². The van der Waals surface area contributed by atoms with Crippen LogP contribution in [0.4, 0.5) is 5.82 Å². The van der Waals surface area contributed by atoms with E-state index in [-0.39, 0.29) is 11.5 Å².